The van der Waals surface area contributed by atoms with E-state index in [0.29, 0.717) is 11.9 Å². The average molecular weight is 387 g/mol. The predicted molar refractivity (Wildman–Crippen MR) is 110 cm³/mol. The van der Waals surface area contributed by atoms with Gasteiger partial charge in [-0.05, 0) is 18.4 Å². The summed E-state index contributed by atoms with van der Waals surface area (Å²) in [4.78, 5) is 27.1. The molecule has 5 nitrogen and oxygen atoms in total. The largest absolute Gasteiger partial charge is 0.309 e. The van der Waals surface area contributed by atoms with Crippen molar-refractivity contribution in [3.8, 4) is 10.4 Å². The molecular weight excluding hydrogens is 364 g/mol. The number of hydrogen-bond donors (Lipinski definition) is 1. The van der Waals surface area contributed by atoms with Crippen LogP contribution in [0.4, 0.5) is 0 Å². The van der Waals surface area contributed by atoms with Crippen LogP contribution in [0.3, 0.4) is 0 Å². The second-order valence-corrected chi connectivity index (χ2v) is 8.63. The number of H-pyrrole nitrogens is 1. The summed E-state index contributed by atoms with van der Waals surface area (Å²) < 4.78 is 0. The van der Waals surface area contributed by atoms with Crippen molar-refractivity contribution in [2.45, 2.75) is 13.5 Å². The van der Waals surface area contributed by atoms with Crippen molar-refractivity contribution in [2.75, 3.05) is 32.7 Å². The zero-order valence-electron chi connectivity index (χ0n) is 14.8. The first-order valence-corrected chi connectivity index (χ1v) is 10.5. The van der Waals surface area contributed by atoms with Gasteiger partial charge >= 0.3 is 0 Å². The second-order valence-electron chi connectivity index (χ2n) is 6.83. The van der Waals surface area contributed by atoms with Gasteiger partial charge in [-0.1, -0.05) is 18.2 Å². The molecule has 1 aliphatic heterocycles. The Labute approximate surface area is 160 Å². The molecule has 7 heteroatoms. The van der Waals surface area contributed by atoms with Crippen molar-refractivity contribution < 1.29 is 0 Å². The van der Waals surface area contributed by atoms with Gasteiger partial charge in [0.15, 0.2) is 0 Å². The van der Waals surface area contributed by atoms with Crippen LogP contribution in [0.15, 0.2) is 39.8 Å². The van der Waals surface area contributed by atoms with E-state index in [1.165, 1.54) is 5.57 Å². The Hall–Kier alpha value is -1.80. The maximum absolute atomic E-state index is 12.7. The Morgan fingerprint density at radius 3 is 2.73 bits per heavy atom. The van der Waals surface area contributed by atoms with Crippen molar-refractivity contribution in [1.29, 1.82) is 0 Å². The quantitative estimate of drug-likeness (QED) is 0.683. The normalized spacial score (nSPS) is 16.3. The molecule has 1 N–H and O–H groups in total. The number of aromatic nitrogens is 2. The molecule has 0 amide bonds. The Morgan fingerprint density at radius 2 is 2.04 bits per heavy atom. The summed E-state index contributed by atoms with van der Waals surface area (Å²) in [5, 5.41) is 4.79. The molecule has 0 spiro atoms. The van der Waals surface area contributed by atoms with Crippen molar-refractivity contribution >= 4 is 32.9 Å². The van der Waals surface area contributed by atoms with E-state index in [0.717, 1.165) is 53.8 Å². The lowest BCUT2D eigenvalue weighted by atomic mass is 10.2. The van der Waals surface area contributed by atoms with Crippen molar-refractivity contribution in [3.05, 3.63) is 51.2 Å². The number of aromatic amines is 1. The van der Waals surface area contributed by atoms with Crippen molar-refractivity contribution in [1.82, 2.24) is 19.8 Å². The third-order valence-corrected chi connectivity index (χ3v) is 6.39. The molecule has 0 saturated carbocycles. The third-order valence-electron chi connectivity index (χ3n) is 4.61. The molecule has 0 bridgehead atoms. The molecule has 4 heterocycles. The minimum Gasteiger partial charge on any atom is -0.309 e. The van der Waals surface area contributed by atoms with Gasteiger partial charge in [-0.15, -0.1) is 22.7 Å². The van der Waals surface area contributed by atoms with Gasteiger partial charge in [0, 0.05) is 48.5 Å². The molecule has 0 aliphatic carbocycles. The van der Waals surface area contributed by atoms with Crippen molar-refractivity contribution in [3.63, 3.8) is 0 Å². The lowest BCUT2D eigenvalue weighted by Crippen LogP contribution is -2.46. The van der Waals surface area contributed by atoms with Gasteiger partial charge in [0.05, 0.1) is 11.9 Å². The third kappa shape index (κ3) is 3.66. The average Bonchev–Trinajstić information content (AvgIpc) is 3.25. The summed E-state index contributed by atoms with van der Waals surface area (Å²) in [5.74, 6) is 0.760. The Morgan fingerprint density at radius 1 is 1.27 bits per heavy atom. The fraction of sp³-hybridized carbons (Fsp3) is 0.368. The molecule has 3 aromatic rings. The van der Waals surface area contributed by atoms with Crippen LogP contribution >= 0.6 is 22.7 Å². The number of thiophene rings is 2. The van der Waals surface area contributed by atoms with Gasteiger partial charge < -0.3 is 4.98 Å². The van der Waals surface area contributed by atoms with E-state index in [9.17, 15) is 4.79 Å². The Bertz CT molecular complexity index is 965. The van der Waals surface area contributed by atoms with E-state index >= 15 is 0 Å². The van der Waals surface area contributed by atoms with Crippen LogP contribution in [0.25, 0.3) is 20.7 Å². The molecule has 0 aromatic carbocycles. The maximum atomic E-state index is 12.7. The number of hydrogen-bond acceptors (Lipinski definition) is 6. The first-order valence-electron chi connectivity index (χ1n) is 8.73. The highest BCUT2D eigenvalue weighted by molar-refractivity contribution is 7.18. The lowest BCUT2D eigenvalue weighted by Gasteiger charge is -2.34. The molecule has 0 atom stereocenters. The van der Waals surface area contributed by atoms with Gasteiger partial charge in [-0.3, -0.25) is 14.6 Å². The Balaban J connectivity index is 1.50. The van der Waals surface area contributed by atoms with Gasteiger partial charge in [0.1, 0.15) is 10.7 Å². The SMILES string of the molecule is C=C(C)CN1CCN(Cc2nc3scc(-c4cccs4)c3c(=O)[nH]2)CC1. The summed E-state index contributed by atoms with van der Waals surface area (Å²) in [5.41, 5.74) is 2.17. The van der Waals surface area contributed by atoms with E-state index in [4.69, 9.17) is 4.98 Å². The monoisotopic (exact) mass is 386 g/mol. The van der Waals surface area contributed by atoms with Crippen LogP contribution in [0.1, 0.15) is 12.7 Å². The number of nitrogens with one attached hydrogen (secondary N) is 1. The van der Waals surface area contributed by atoms with E-state index in [-0.39, 0.29) is 5.56 Å². The molecule has 3 aromatic heterocycles. The minimum absolute atomic E-state index is 0.0319. The molecule has 136 valence electrons. The van der Waals surface area contributed by atoms with E-state index < -0.39 is 0 Å². The summed E-state index contributed by atoms with van der Waals surface area (Å²) >= 11 is 3.20. The van der Waals surface area contributed by atoms with Gasteiger partial charge in [-0.2, -0.15) is 0 Å². The first kappa shape index (κ1) is 17.6. The topological polar surface area (TPSA) is 52.2 Å². The fourth-order valence-electron chi connectivity index (χ4n) is 3.38. The lowest BCUT2D eigenvalue weighted by molar-refractivity contribution is 0.132. The van der Waals surface area contributed by atoms with Crippen LogP contribution < -0.4 is 5.56 Å². The summed E-state index contributed by atoms with van der Waals surface area (Å²) in [6.45, 7) is 11.8. The summed E-state index contributed by atoms with van der Waals surface area (Å²) in [6.07, 6.45) is 0. The highest BCUT2D eigenvalue weighted by Crippen LogP contribution is 2.33. The Kier molecular flexibility index (Phi) is 5.04. The van der Waals surface area contributed by atoms with Crippen LogP contribution in [0.5, 0.6) is 0 Å². The van der Waals surface area contributed by atoms with Crippen molar-refractivity contribution in [2.24, 2.45) is 0 Å². The molecule has 1 aliphatic rings. The number of fused-ring (bicyclic) bond motifs is 1. The summed E-state index contributed by atoms with van der Waals surface area (Å²) in [6, 6.07) is 4.05. The smallest absolute Gasteiger partial charge is 0.260 e. The van der Waals surface area contributed by atoms with Crippen LogP contribution in [-0.4, -0.2) is 52.5 Å². The standard InChI is InChI=1S/C19H22N4OS2/c1-13(2)10-22-5-7-23(8-6-22)11-16-20-18(24)17-14(12-26-19(17)21-16)15-4-3-9-25-15/h3-4,9,12H,1,5-8,10-11H2,2H3,(H,20,21,24). The van der Waals surface area contributed by atoms with Gasteiger partial charge in [0.25, 0.3) is 5.56 Å². The molecule has 1 fully saturated rings. The second kappa shape index (κ2) is 7.44. The zero-order valence-corrected chi connectivity index (χ0v) is 16.5. The van der Waals surface area contributed by atoms with Gasteiger partial charge in [0.2, 0.25) is 0 Å². The molecule has 0 unspecified atom stereocenters. The predicted octanol–water partition coefficient (Wildman–Crippen LogP) is 3.41. The van der Waals surface area contributed by atoms with Crippen LogP contribution in [-0.2, 0) is 6.54 Å². The zero-order chi connectivity index (χ0) is 18.1. The molecular formula is C19H22N4OS2. The fourth-order valence-corrected chi connectivity index (χ4v) is 5.16. The first-order chi connectivity index (χ1) is 12.6. The maximum Gasteiger partial charge on any atom is 0.260 e. The van der Waals surface area contributed by atoms with E-state index in [2.05, 4.69) is 28.3 Å². The van der Waals surface area contributed by atoms with E-state index in [1.807, 2.05) is 22.9 Å². The number of piperazine rings is 1. The molecule has 0 radical (unpaired) electrons. The number of rotatable bonds is 5. The highest BCUT2D eigenvalue weighted by atomic mass is 32.1. The van der Waals surface area contributed by atoms with Crippen LogP contribution in [0.2, 0.25) is 0 Å². The number of nitrogens with zero attached hydrogens (tertiary/aromatic N) is 3. The molecule has 26 heavy (non-hydrogen) atoms. The van der Waals surface area contributed by atoms with Crippen LogP contribution in [0, 0.1) is 0 Å². The molecule has 1 saturated heterocycles. The summed E-state index contributed by atoms with van der Waals surface area (Å²) in [7, 11) is 0. The highest BCUT2D eigenvalue weighted by Gasteiger charge is 2.19. The minimum atomic E-state index is -0.0319. The van der Waals surface area contributed by atoms with Gasteiger partial charge in [-0.25, -0.2) is 4.98 Å². The molecule has 4 rings (SSSR count). The van der Waals surface area contributed by atoms with E-state index in [1.54, 1.807) is 22.7 Å².